The Morgan fingerprint density at radius 2 is 1.75 bits per heavy atom. The van der Waals surface area contributed by atoms with Crippen LogP contribution in [0.1, 0.15) is 48.4 Å². The minimum Gasteiger partial charge on any atom is -0.481 e. The van der Waals surface area contributed by atoms with E-state index in [2.05, 4.69) is 35.3 Å². The number of piperidine rings is 1. The van der Waals surface area contributed by atoms with Crippen molar-refractivity contribution >= 4 is 5.91 Å². The smallest absolute Gasteiger partial charge is 0.261 e. The van der Waals surface area contributed by atoms with Crippen LogP contribution in [0.25, 0.3) is 0 Å². The maximum absolute atomic E-state index is 12.5. The Kier molecular flexibility index (Phi) is 7.10. The van der Waals surface area contributed by atoms with Crippen molar-refractivity contribution in [3.05, 3.63) is 64.7 Å². The Labute approximate surface area is 168 Å². The Morgan fingerprint density at radius 1 is 1.04 bits per heavy atom. The minimum absolute atomic E-state index is 0.0917. The molecule has 1 amide bonds. The van der Waals surface area contributed by atoms with E-state index < -0.39 is 6.10 Å². The van der Waals surface area contributed by atoms with E-state index in [1.165, 1.54) is 49.0 Å². The summed E-state index contributed by atoms with van der Waals surface area (Å²) in [4.78, 5) is 15.0. The van der Waals surface area contributed by atoms with Crippen LogP contribution in [0.5, 0.6) is 5.75 Å². The average molecular weight is 381 g/mol. The van der Waals surface area contributed by atoms with E-state index in [9.17, 15) is 4.79 Å². The molecule has 0 saturated carbocycles. The summed E-state index contributed by atoms with van der Waals surface area (Å²) in [5.74, 6) is 0.641. The number of hydrogen-bond acceptors (Lipinski definition) is 3. The molecule has 1 heterocycles. The minimum atomic E-state index is -0.531. The van der Waals surface area contributed by atoms with Gasteiger partial charge < -0.3 is 10.1 Å². The number of nitrogens with zero attached hydrogens (tertiary/aromatic N) is 1. The van der Waals surface area contributed by atoms with Gasteiger partial charge in [-0.05, 0) is 81.1 Å². The Balaban J connectivity index is 1.55. The van der Waals surface area contributed by atoms with Crippen molar-refractivity contribution in [2.75, 3.05) is 13.1 Å². The molecule has 1 fully saturated rings. The highest BCUT2D eigenvalue weighted by molar-refractivity contribution is 5.80. The maximum Gasteiger partial charge on any atom is 0.261 e. The topological polar surface area (TPSA) is 41.6 Å². The third-order valence-corrected chi connectivity index (χ3v) is 5.57. The van der Waals surface area contributed by atoms with Crippen molar-refractivity contribution in [3.63, 3.8) is 0 Å². The molecule has 150 valence electrons. The molecule has 3 rings (SSSR count). The number of carbonyl (C=O) groups is 1. The monoisotopic (exact) mass is 380 g/mol. The molecule has 0 aliphatic carbocycles. The van der Waals surface area contributed by atoms with E-state index in [1.54, 1.807) is 6.92 Å². The van der Waals surface area contributed by atoms with Crippen LogP contribution in [0, 0.1) is 13.8 Å². The number of carbonyl (C=O) groups excluding carboxylic acids is 1. The molecular weight excluding hydrogens is 348 g/mol. The van der Waals surface area contributed by atoms with Gasteiger partial charge in [-0.3, -0.25) is 9.69 Å². The summed E-state index contributed by atoms with van der Waals surface area (Å²) in [6.45, 7) is 9.74. The second kappa shape index (κ2) is 9.74. The second-order valence-electron chi connectivity index (χ2n) is 7.83. The SMILES string of the molecule is Cc1ccc(OC(C)C(=O)NCc2ccccc2CN2CCCCC2)cc1C. The summed E-state index contributed by atoms with van der Waals surface area (Å²) in [6, 6.07) is 14.3. The van der Waals surface area contributed by atoms with Crippen LogP contribution in [0.4, 0.5) is 0 Å². The van der Waals surface area contributed by atoms with Gasteiger partial charge in [-0.1, -0.05) is 36.8 Å². The van der Waals surface area contributed by atoms with Gasteiger partial charge in [0.1, 0.15) is 5.75 Å². The standard InChI is InChI=1S/C24H32N2O2/c1-18-11-12-23(15-19(18)2)28-20(3)24(27)25-16-21-9-5-6-10-22(21)17-26-13-7-4-8-14-26/h5-6,9-12,15,20H,4,7-8,13-14,16-17H2,1-3H3,(H,25,27). The van der Waals surface area contributed by atoms with Gasteiger partial charge in [0.05, 0.1) is 0 Å². The summed E-state index contributed by atoms with van der Waals surface area (Å²) < 4.78 is 5.83. The number of aryl methyl sites for hydroxylation is 2. The zero-order valence-corrected chi connectivity index (χ0v) is 17.3. The van der Waals surface area contributed by atoms with E-state index in [0.717, 1.165) is 17.9 Å². The first-order valence-electron chi connectivity index (χ1n) is 10.3. The normalized spacial score (nSPS) is 15.8. The predicted octanol–water partition coefficient (Wildman–Crippen LogP) is 4.37. The molecule has 1 N–H and O–H groups in total. The van der Waals surface area contributed by atoms with Gasteiger partial charge in [0.2, 0.25) is 0 Å². The number of benzene rings is 2. The van der Waals surface area contributed by atoms with E-state index >= 15 is 0 Å². The van der Waals surface area contributed by atoms with Gasteiger partial charge >= 0.3 is 0 Å². The zero-order valence-electron chi connectivity index (χ0n) is 17.3. The Morgan fingerprint density at radius 3 is 2.46 bits per heavy atom. The molecule has 1 aliphatic heterocycles. The molecule has 1 unspecified atom stereocenters. The number of nitrogens with one attached hydrogen (secondary N) is 1. The molecule has 2 aromatic rings. The van der Waals surface area contributed by atoms with Gasteiger partial charge in [-0.25, -0.2) is 0 Å². The second-order valence-corrected chi connectivity index (χ2v) is 7.83. The molecule has 1 saturated heterocycles. The van der Waals surface area contributed by atoms with Crippen molar-refractivity contribution in [2.45, 2.75) is 59.2 Å². The quantitative estimate of drug-likeness (QED) is 0.775. The Hall–Kier alpha value is -2.33. The number of likely N-dealkylation sites (tertiary alicyclic amines) is 1. The van der Waals surface area contributed by atoms with E-state index in [1.807, 2.05) is 31.2 Å². The zero-order chi connectivity index (χ0) is 19.9. The number of rotatable bonds is 7. The van der Waals surface area contributed by atoms with Gasteiger partial charge in [0, 0.05) is 13.1 Å². The Bertz CT molecular complexity index is 797. The van der Waals surface area contributed by atoms with Crippen molar-refractivity contribution < 1.29 is 9.53 Å². The highest BCUT2D eigenvalue weighted by Gasteiger charge is 2.16. The van der Waals surface area contributed by atoms with Crippen LogP contribution in [0.15, 0.2) is 42.5 Å². The van der Waals surface area contributed by atoms with Crippen molar-refractivity contribution in [2.24, 2.45) is 0 Å². The van der Waals surface area contributed by atoms with E-state index in [4.69, 9.17) is 4.74 Å². The molecule has 0 radical (unpaired) electrons. The molecule has 1 aliphatic rings. The molecule has 4 nitrogen and oxygen atoms in total. The third kappa shape index (κ3) is 5.59. The van der Waals surface area contributed by atoms with Crippen LogP contribution < -0.4 is 10.1 Å². The summed E-state index contributed by atoms with van der Waals surface area (Å²) >= 11 is 0. The van der Waals surface area contributed by atoms with E-state index in [0.29, 0.717) is 6.54 Å². The summed E-state index contributed by atoms with van der Waals surface area (Å²) in [6.07, 6.45) is 3.38. The van der Waals surface area contributed by atoms with Crippen LogP contribution in [-0.2, 0) is 17.9 Å². The molecular formula is C24H32N2O2. The van der Waals surface area contributed by atoms with Crippen molar-refractivity contribution in [1.29, 1.82) is 0 Å². The van der Waals surface area contributed by atoms with Crippen molar-refractivity contribution in [3.8, 4) is 5.75 Å². The highest BCUT2D eigenvalue weighted by atomic mass is 16.5. The largest absolute Gasteiger partial charge is 0.481 e. The first-order chi connectivity index (χ1) is 13.5. The lowest BCUT2D eigenvalue weighted by Crippen LogP contribution is -2.36. The molecule has 1 atom stereocenters. The lowest BCUT2D eigenvalue weighted by Gasteiger charge is -2.27. The fourth-order valence-electron chi connectivity index (χ4n) is 3.61. The first kappa shape index (κ1) is 20.4. The number of ether oxygens (including phenoxy) is 1. The summed E-state index contributed by atoms with van der Waals surface area (Å²) in [7, 11) is 0. The average Bonchev–Trinajstić information content (AvgIpc) is 2.70. The van der Waals surface area contributed by atoms with Gasteiger partial charge in [0.25, 0.3) is 5.91 Å². The van der Waals surface area contributed by atoms with Crippen LogP contribution in [0.3, 0.4) is 0 Å². The molecule has 28 heavy (non-hydrogen) atoms. The lowest BCUT2D eigenvalue weighted by atomic mass is 10.0. The predicted molar refractivity (Wildman–Crippen MR) is 113 cm³/mol. The maximum atomic E-state index is 12.5. The van der Waals surface area contributed by atoms with Gasteiger partial charge in [-0.15, -0.1) is 0 Å². The fourth-order valence-corrected chi connectivity index (χ4v) is 3.61. The molecule has 0 aromatic heterocycles. The number of hydrogen-bond donors (Lipinski definition) is 1. The van der Waals surface area contributed by atoms with Crippen LogP contribution in [-0.4, -0.2) is 30.0 Å². The third-order valence-electron chi connectivity index (χ3n) is 5.57. The first-order valence-corrected chi connectivity index (χ1v) is 10.3. The fraction of sp³-hybridized carbons (Fsp3) is 0.458. The summed E-state index contributed by atoms with van der Waals surface area (Å²) in [5, 5.41) is 3.04. The van der Waals surface area contributed by atoms with Crippen LogP contribution >= 0.6 is 0 Å². The van der Waals surface area contributed by atoms with Crippen molar-refractivity contribution in [1.82, 2.24) is 10.2 Å². The number of amides is 1. The van der Waals surface area contributed by atoms with Gasteiger partial charge in [-0.2, -0.15) is 0 Å². The van der Waals surface area contributed by atoms with Gasteiger partial charge in [0.15, 0.2) is 6.10 Å². The molecule has 2 aromatic carbocycles. The molecule has 0 bridgehead atoms. The molecule has 0 spiro atoms. The lowest BCUT2D eigenvalue weighted by molar-refractivity contribution is -0.127. The highest BCUT2D eigenvalue weighted by Crippen LogP contribution is 2.18. The van der Waals surface area contributed by atoms with Crippen LogP contribution in [0.2, 0.25) is 0 Å². The molecule has 4 heteroatoms. The summed E-state index contributed by atoms with van der Waals surface area (Å²) in [5.41, 5.74) is 4.86. The van der Waals surface area contributed by atoms with E-state index in [-0.39, 0.29) is 5.91 Å².